The van der Waals surface area contributed by atoms with E-state index >= 15 is 0 Å². The third-order valence-corrected chi connectivity index (χ3v) is 0. The van der Waals surface area contributed by atoms with Gasteiger partial charge in [-0.1, -0.05) is 12.8 Å². The van der Waals surface area contributed by atoms with Crippen LogP contribution in [0.25, 0.3) is 0 Å². The van der Waals surface area contributed by atoms with Crippen LogP contribution in [-0.2, 0) is 0 Å². The van der Waals surface area contributed by atoms with Crippen LogP contribution < -0.4 is 5.84 Å². The van der Waals surface area contributed by atoms with E-state index in [4.69, 9.17) is 5.84 Å². The molecule has 0 heterocycles. The molecule has 0 aromatic heterocycles. The fourth-order valence-corrected chi connectivity index (χ4v) is 0. The molecule has 0 rings (SSSR count). The predicted octanol–water partition coefficient (Wildman–Crippen LogP) is -0.363. The molecule has 4 heavy (non-hydrogen) atoms. The monoisotopic (exact) mass is 78.0 g/mol. The first-order chi connectivity index (χ1) is 1.73. The van der Waals surface area contributed by atoms with Crippen molar-refractivity contribution < 1.29 is 0 Å². The molecular weight excluding hydrogens is 72.1 g/mol. The summed E-state index contributed by atoms with van der Waals surface area (Å²) in [6.07, 6.45) is 0. The van der Waals surface area contributed by atoms with Crippen LogP contribution >= 0.6 is 12.8 Å². The van der Waals surface area contributed by atoms with E-state index in [9.17, 15) is 0 Å². The highest BCUT2D eigenvalue weighted by molar-refractivity contribution is 7.77. The van der Waals surface area contributed by atoms with Crippen molar-refractivity contribution >= 4 is 12.8 Å². The maximum atomic E-state index is 4.81. The van der Waals surface area contributed by atoms with Crippen molar-refractivity contribution in [2.45, 2.75) is 0 Å². The van der Waals surface area contributed by atoms with Crippen LogP contribution in [-0.4, -0.2) is 11.5 Å². The molecule has 0 aromatic rings. The molecule has 0 fully saturated rings. The SMILES string of the molecule is CN(N)S. The van der Waals surface area contributed by atoms with Crippen molar-refractivity contribution in [2.24, 2.45) is 5.84 Å². The van der Waals surface area contributed by atoms with Crippen molar-refractivity contribution in [2.75, 3.05) is 7.05 Å². The Balaban J connectivity index is 2.32. The average molecular weight is 78.1 g/mol. The summed E-state index contributed by atoms with van der Waals surface area (Å²) in [5, 5.41) is 0. The largest absolute Gasteiger partial charge is 0.259 e. The molecule has 0 bridgehead atoms. The minimum atomic E-state index is 1.19. The molecule has 3 heteroatoms. The Labute approximate surface area is 31.1 Å². The maximum Gasteiger partial charge on any atom is 0.0125 e. The van der Waals surface area contributed by atoms with E-state index in [0.717, 1.165) is 0 Å². The molecule has 0 saturated carbocycles. The van der Waals surface area contributed by atoms with Gasteiger partial charge in [-0.05, 0) is 0 Å². The van der Waals surface area contributed by atoms with Gasteiger partial charge in [-0.2, -0.15) is 4.41 Å². The standard InChI is InChI=1S/CH6N2S/c1-3(2)4/h4H,2H2,1H3. The lowest BCUT2D eigenvalue weighted by Crippen LogP contribution is -2.11. The summed E-state index contributed by atoms with van der Waals surface area (Å²) in [5.41, 5.74) is 0. The second kappa shape index (κ2) is 1.58. The molecule has 0 aliphatic rings. The normalized spacial score (nSPS) is 9.00. The lowest BCUT2D eigenvalue weighted by molar-refractivity contribution is 0.619. The van der Waals surface area contributed by atoms with E-state index in [1.165, 1.54) is 4.41 Å². The smallest absolute Gasteiger partial charge is 0.0125 e. The number of nitrogens with two attached hydrogens (primary N) is 1. The Hall–Kier alpha value is 0.270. The first-order valence-electron chi connectivity index (χ1n) is 0.905. The van der Waals surface area contributed by atoms with Gasteiger partial charge in [0.25, 0.3) is 0 Å². The van der Waals surface area contributed by atoms with Gasteiger partial charge in [-0.25, -0.2) is 0 Å². The van der Waals surface area contributed by atoms with E-state index < -0.39 is 0 Å². The fraction of sp³-hybridized carbons (Fsp3) is 1.00. The van der Waals surface area contributed by atoms with E-state index in [1.807, 2.05) is 0 Å². The molecule has 0 aliphatic heterocycles. The Morgan fingerprint density at radius 1 is 2.00 bits per heavy atom. The van der Waals surface area contributed by atoms with E-state index in [2.05, 4.69) is 12.8 Å². The number of hydrogen-bond donors (Lipinski definition) is 2. The minimum absolute atomic E-state index is 1.19. The minimum Gasteiger partial charge on any atom is -0.259 e. The van der Waals surface area contributed by atoms with Gasteiger partial charge in [-0.3, -0.25) is 5.84 Å². The predicted molar refractivity (Wildman–Crippen MR) is 20.9 cm³/mol. The summed E-state index contributed by atoms with van der Waals surface area (Å²) >= 11 is 3.58. The van der Waals surface area contributed by atoms with Gasteiger partial charge in [0.05, 0.1) is 0 Å². The topological polar surface area (TPSA) is 29.3 Å². The average Bonchev–Trinajstić information content (AvgIpc) is 0.811. The van der Waals surface area contributed by atoms with Gasteiger partial charge < -0.3 is 0 Å². The third kappa shape index (κ3) is 50.2. The Morgan fingerprint density at radius 2 is 2.00 bits per heavy atom. The summed E-state index contributed by atoms with van der Waals surface area (Å²) in [6.45, 7) is 0. The molecule has 0 amide bonds. The fourth-order valence-electron chi connectivity index (χ4n) is 0. The van der Waals surface area contributed by atoms with Crippen molar-refractivity contribution in [3.8, 4) is 0 Å². The zero-order valence-corrected chi connectivity index (χ0v) is 3.37. The van der Waals surface area contributed by atoms with Gasteiger partial charge in [0.2, 0.25) is 0 Å². The quantitative estimate of drug-likeness (QED) is 0.235. The Morgan fingerprint density at radius 3 is 2.00 bits per heavy atom. The van der Waals surface area contributed by atoms with E-state index in [0.29, 0.717) is 0 Å². The highest BCUT2D eigenvalue weighted by Gasteiger charge is 1.58. The van der Waals surface area contributed by atoms with Gasteiger partial charge in [0.15, 0.2) is 0 Å². The summed E-state index contributed by atoms with van der Waals surface area (Å²) in [4.78, 5) is 0. The van der Waals surface area contributed by atoms with Crippen LogP contribution in [0.15, 0.2) is 0 Å². The number of hydrazine groups is 1. The molecule has 0 unspecified atom stereocenters. The molecule has 2 nitrogen and oxygen atoms in total. The Bertz CT molecular complexity index is 10.8. The van der Waals surface area contributed by atoms with Crippen molar-refractivity contribution in [1.82, 2.24) is 4.41 Å². The van der Waals surface area contributed by atoms with E-state index in [-0.39, 0.29) is 0 Å². The first kappa shape index (κ1) is 4.27. The molecule has 26 valence electrons. The maximum absolute atomic E-state index is 4.81. The number of nitrogens with zero attached hydrogens (tertiary/aromatic N) is 1. The second-order valence-corrected chi connectivity index (χ2v) is 1.20. The van der Waals surface area contributed by atoms with Crippen molar-refractivity contribution in [3.63, 3.8) is 0 Å². The first-order valence-corrected chi connectivity index (χ1v) is 1.31. The van der Waals surface area contributed by atoms with E-state index in [1.54, 1.807) is 7.05 Å². The zero-order chi connectivity index (χ0) is 3.58. The van der Waals surface area contributed by atoms with Gasteiger partial charge >= 0.3 is 0 Å². The third-order valence-electron chi connectivity index (χ3n) is 0. The summed E-state index contributed by atoms with van der Waals surface area (Å²) in [5.74, 6) is 4.81. The molecule has 0 aliphatic carbocycles. The van der Waals surface area contributed by atoms with Crippen LogP contribution in [0.3, 0.4) is 0 Å². The second-order valence-electron chi connectivity index (χ2n) is 0.574. The van der Waals surface area contributed by atoms with Crippen LogP contribution in [0, 0.1) is 0 Å². The van der Waals surface area contributed by atoms with Crippen LogP contribution in [0.1, 0.15) is 0 Å². The molecule has 0 radical (unpaired) electrons. The summed E-state index contributed by atoms with van der Waals surface area (Å²) in [6, 6.07) is 0. The molecule has 2 N–H and O–H groups in total. The van der Waals surface area contributed by atoms with Crippen LogP contribution in [0.2, 0.25) is 0 Å². The van der Waals surface area contributed by atoms with Gasteiger partial charge in [0, 0.05) is 7.05 Å². The molecule has 0 spiro atoms. The molecule has 0 aromatic carbocycles. The lowest BCUT2D eigenvalue weighted by atomic mass is 11.5. The van der Waals surface area contributed by atoms with Crippen LogP contribution in [0.4, 0.5) is 0 Å². The zero-order valence-electron chi connectivity index (χ0n) is 2.47. The number of thiol groups is 1. The summed E-state index contributed by atoms with van der Waals surface area (Å²) < 4.78 is 1.19. The highest BCUT2D eigenvalue weighted by atomic mass is 32.1. The van der Waals surface area contributed by atoms with Crippen molar-refractivity contribution in [3.05, 3.63) is 0 Å². The van der Waals surface area contributed by atoms with Crippen LogP contribution in [0.5, 0.6) is 0 Å². The number of rotatable bonds is 0. The molecule has 0 saturated heterocycles. The number of hydrogen-bond acceptors (Lipinski definition) is 3. The summed E-state index contributed by atoms with van der Waals surface area (Å²) in [7, 11) is 1.64. The highest BCUT2D eigenvalue weighted by Crippen LogP contribution is 1.63. The van der Waals surface area contributed by atoms with Crippen molar-refractivity contribution in [1.29, 1.82) is 0 Å². The molecule has 0 atom stereocenters. The lowest BCUT2D eigenvalue weighted by Gasteiger charge is -1.89. The molecular formula is CH6N2S. The van der Waals surface area contributed by atoms with Gasteiger partial charge in [-0.15, -0.1) is 0 Å². The van der Waals surface area contributed by atoms with Gasteiger partial charge in [0.1, 0.15) is 0 Å². The Kier molecular flexibility index (Phi) is 1.68.